The molecule has 3 aromatic rings. The van der Waals surface area contributed by atoms with Crippen LogP contribution < -0.4 is 20.7 Å². The van der Waals surface area contributed by atoms with E-state index in [0.717, 1.165) is 0 Å². The van der Waals surface area contributed by atoms with E-state index in [1.807, 2.05) is 0 Å². The van der Waals surface area contributed by atoms with Gasteiger partial charge in [0.1, 0.15) is 6.10 Å². The Morgan fingerprint density at radius 1 is 1.22 bits per heavy atom. The van der Waals surface area contributed by atoms with E-state index in [0.29, 0.717) is 48.4 Å². The number of amides is 2. The third-order valence-corrected chi connectivity index (χ3v) is 6.13. The number of aromatic nitrogens is 1. The molecule has 0 aliphatic carbocycles. The van der Waals surface area contributed by atoms with Gasteiger partial charge in [0.2, 0.25) is 0 Å². The van der Waals surface area contributed by atoms with Gasteiger partial charge in [-0.1, -0.05) is 5.16 Å². The highest BCUT2D eigenvalue weighted by atomic mass is 19.1. The minimum atomic E-state index is -1.80. The van der Waals surface area contributed by atoms with Crippen molar-refractivity contribution >= 4 is 40.0 Å². The fourth-order valence-electron chi connectivity index (χ4n) is 4.20. The minimum Gasteiger partial charge on any atom is -0.487 e. The van der Waals surface area contributed by atoms with Crippen molar-refractivity contribution in [2.75, 3.05) is 42.3 Å². The van der Waals surface area contributed by atoms with Crippen LogP contribution in [0.1, 0.15) is 12.8 Å². The number of anilines is 3. The Bertz CT molecular complexity index is 1280. The predicted octanol–water partition coefficient (Wildman–Crippen LogP) is 1.84. The molecule has 0 saturated carbocycles. The van der Waals surface area contributed by atoms with Gasteiger partial charge < -0.3 is 39.8 Å². The van der Waals surface area contributed by atoms with Crippen molar-refractivity contribution in [3.05, 3.63) is 42.2 Å². The number of hydrogen-bond donors (Lipinski definition) is 3. The van der Waals surface area contributed by atoms with E-state index in [1.165, 1.54) is 29.2 Å². The molecule has 1 aromatic heterocycles. The minimum absolute atomic E-state index is 0.0250. The Hall–Kier alpha value is -3.74. The molecule has 2 aromatic carbocycles. The maximum atomic E-state index is 14.4. The van der Waals surface area contributed by atoms with E-state index in [-0.39, 0.29) is 30.8 Å². The van der Waals surface area contributed by atoms with Crippen LogP contribution in [0, 0.1) is 5.82 Å². The van der Waals surface area contributed by atoms with Crippen LogP contribution in [0.15, 0.2) is 40.9 Å². The van der Waals surface area contributed by atoms with Gasteiger partial charge in [0.25, 0.3) is 11.8 Å². The quantitative estimate of drug-likeness (QED) is 0.461. The monoisotopic (exact) mass is 500 g/mol. The smallest absolute Gasteiger partial charge is 0.259 e. The number of aliphatic hydroxyl groups excluding tert-OH is 1. The summed E-state index contributed by atoms with van der Waals surface area (Å²) >= 11 is 0. The van der Waals surface area contributed by atoms with Crippen LogP contribution in [0.2, 0.25) is 0 Å². The number of morpholine rings is 1. The Balaban J connectivity index is 1.28. The zero-order chi connectivity index (χ0) is 25.2. The average molecular weight is 500 g/mol. The average Bonchev–Trinajstić information content (AvgIpc) is 3.25. The molecule has 0 unspecified atom stereocenters. The van der Waals surface area contributed by atoms with Crippen molar-refractivity contribution in [2.24, 2.45) is 0 Å². The first kappa shape index (κ1) is 24.0. The number of nitrogens with one attached hydrogen (secondary N) is 1. The van der Waals surface area contributed by atoms with Crippen molar-refractivity contribution in [3.63, 3.8) is 0 Å². The van der Waals surface area contributed by atoms with Gasteiger partial charge >= 0.3 is 0 Å². The highest BCUT2D eigenvalue weighted by Gasteiger charge is 2.39. The third kappa shape index (κ3) is 4.83. The summed E-state index contributed by atoms with van der Waals surface area (Å²) in [5, 5.41) is 17.4. The normalized spacial score (nSPS) is 19.9. The molecular weight excluding hydrogens is 475 g/mol. The van der Waals surface area contributed by atoms with E-state index in [4.69, 9.17) is 24.5 Å². The van der Waals surface area contributed by atoms with E-state index in [2.05, 4.69) is 10.5 Å². The molecule has 2 aliphatic heterocycles. The highest BCUT2D eigenvalue weighted by molar-refractivity contribution is 6.04. The fourth-order valence-corrected chi connectivity index (χ4v) is 4.20. The third-order valence-electron chi connectivity index (χ3n) is 6.13. The number of halogens is 1. The van der Waals surface area contributed by atoms with Gasteiger partial charge in [-0.25, -0.2) is 4.39 Å². The molecule has 2 saturated heterocycles. The maximum Gasteiger partial charge on any atom is 0.259 e. The van der Waals surface area contributed by atoms with Crippen LogP contribution in [0.3, 0.4) is 0 Å². The largest absolute Gasteiger partial charge is 0.487 e. The van der Waals surface area contributed by atoms with Crippen LogP contribution in [-0.4, -0.2) is 66.8 Å². The van der Waals surface area contributed by atoms with Gasteiger partial charge in [-0.05, 0) is 24.3 Å². The van der Waals surface area contributed by atoms with E-state index >= 15 is 0 Å². The Morgan fingerprint density at radius 3 is 2.83 bits per heavy atom. The molecule has 3 heterocycles. The number of aliphatic hydroxyl groups is 1. The standard InChI is InChI=1S/C24H25FN4O7/c25-17-4-2-14(12-19(17)35-15-5-8-33-9-6-15)29-7-10-34-21(24(29)32)20(30)23(31)27-13-1-3-16-18(11-13)36-28-22(16)26/h1-4,11-12,15,20-21,30H,5-10H2,(H2,26,28)(H,27,31)/t20-,21-/m1/s1. The van der Waals surface area contributed by atoms with Crippen LogP contribution >= 0.6 is 0 Å². The van der Waals surface area contributed by atoms with Gasteiger partial charge in [0.05, 0.1) is 25.2 Å². The Kier molecular flexibility index (Phi) is 6.72. The molecular formula is C24H25FN4O7. The van der Waals surface area contributed by atoms with Gasteiger partial charge in [-0.15, -0.1) is 0 Å². The van der Waals surface area contributed by atoms with Crippen molar-refractivity contribution in [1.29, 1.82) is 0 Å². The summed E-state index contributed by atoms with van der Waals surface area (Å²) in [6.45, 7) is 1.30. The van der Waals surface area contributed by atoms with E-state index < -0.39 is 29.8 Å². The molecule has 0 bridgehead atoms. The number of nitrogen functional groups attached to an aromatic ring is 1. The number of benzene rings is 2. The number of rotatable bonds is 6. The van der Waals surface area contributed by atoms with E-state index in [1.54, 1.807) is 12.1 Å². The molecule has 2 fully saturated rings. The molecule has 2 aliphatic rings. The summed E-state index contributed by atoms with van der Waals surface area (Å²) in [5.74, 6) is -1.79. The molecule has 0 radical (unpaired) electrons. The summed E-state index contributed by atoms with van der Waals surface area (Å²) in [7, 11) is 0. The van der Waals surface area contributed by atoms with Crippen molar-refractivity contribution in [2.45, 2.75) is 31.2 Å². The van der Waals surface area contributed by atoms with Crippen molar-refractivity contribution < 1.29 is 37.8 Å². The SMILES string of the molecule is Nc1noc2cc(NC(=O)[C@H](O)[C@H]3OCCN(c4ccc(F)c(OC5CCOCC5)c4)C3=O)ccc12. The first-order valence-corrected chi connectivity index (χ1v) is 11.5. The molecule has 4 N–H and O–H groups in total. The molecule has 2 atom stereocenters. The molecule has 11 nitrogen and oxygen atoms in total. The number of nitrogens with two attached hydrogens (primary N) is 1. The zero-order valence-corrected chi connectivity index (χ0v) is 19.2. The number of nitrogens with zero attached hydrogens (tertiary/aromatic N) is 2. The number of fused-ring (bicyclic) bond motifs is 1. The summed E-state index contributed by atoms with van der Waals surface area (Å²) in [4.78, 5) is 27.2. The lowest BCUT2D eigenvalue weighted by atomic mass is 10.1. The molecule has 190 valence electrons. The number of carbonyl (C=O) groups is 2. The van der Waals surface area contributed by atoms with E-state index in [9.17, 15) is 19.1 Å². The van der Waals surface area contributed by atoms with Gasteiger partial charge in [-0.3, -0.25) is 9.59 Å². The number of hydrogen-bond acceptors (Lipinski definition) is 9. The summed E-state index contributed by atoms with van der Waals surface area (Å²) in [5.41, 5.74) is 6.73. The van der Waals surface area contributed by atoms with Crippen molar-refractivity contribution in [1.82, 2.24) is 5.16 Å². The first-order chi connectivity index (χ1) is 17.4. The second kappa shape index (κ2) is 10.1. The first-order valence-electron chi connectivity index (χ1n) is 11.5. The number of ether oxygens (including phenoxy) is 3. The van der Waals surface area contributed by atoms with Crippen LogP contribution in [0.25, 0.3) is 11.0 Å². The molecule has 5 rings (SSSR count). The summed E-state index contributed by atoms with van der Waals surface area (Å²) < 4.78 is 36.0. The molecule has 2 amide bonds. The lowest BCUT2D eigenvalue weighted by molar-refractivity contribution is -0.150. The lowest BCUT2D eigenvalue weighted by Crippen LogP contribution is -2.55. The van der Waals surface area contributed by atoms with Crippen LogP contribution in [0.4, 0.5) is 21.6 Å². The summed E-state index contributed by atoms with van der Waals surface area (Å²) in [6, 6.07) is 8.78. The van der Waals surface area contributed by atoms with Gasteiger partial charge in [0, 0.05) is 42.9 Å². The molecule has 0 spiro atoms. The fraction of sp³-hybridized carbons (Fsp3) is 0.375. The Labute approximate surface area is 204 Å². The number of carbonyl (C=O) groups excluding carboxylic acids is 2. The zero-order valence-electron chi connectivity index (χ0n) is 19.2. The highest BCUT2D eigenvalue weighted by Crippen LogP contribution is 2.29. The lowest BCUT2D eigenvalue weighted by Gasteiger charge is -2.34. The molecule has 36 heavy (non-hydrogen) atoms. The maximum absolute atomic E-state index is 14.4. The Morgan fingerprint density at radius 2 is 2.03 bits per heavy atom. The molecule has 12 heteroatoms. The van der Waals surface area contributed by atoms with Crippen molar-refractivity contribution in [3.8, 4) is 5.75 Å². The van der Waals surface area contributed by atoms with Crippen LogP contribution in [0.5, 0.6) is 5.75 Å². The predicted molar refractivity (Wildman–Crippen MR) is 126 cm³/mol. The topological polar surface area (TPSA) is 149 Å². The second-order valence-corrected chi connectivity index (χ2v) is 8.54. The summed E-state index contributed by atoms with van der Waals surface area (Å²) in [6.07, 6.45) is -2.15. The van der Waals surface area contributed by atoms with Crippen LogP contribution in [-0.2, 0) is 19.1 Å². The van der Waals surface area contributed by atoms with Gasteiger partial charge in [0.15, 0.2) is 35.2 Å². The second-order valence-electron chi connectivity index (χ2n) is 8.54. The van der Waals surface area contributed by atoms with Gasteiger partial charge in [-0.2, -0.15) is 0 Å².